The minimum absolute atomic E-state index is 0.165. The van der Waals surface area contributed by atoms with Gasteiger partial charge >= 0.3 is 11.9 Å². The Balaban J connectivity index is 2.83. The number of oxime groups is 2. The lowest BCUT2D eigenvalue weighted by molar-refractivity contribution is -0.141. The van der Waals surface area contributed by atoms with Crippen molar-refractivity contribution < 1.29 is 19.3 Å². The number of hydrogen-bond acceptors (Lipinski definition) is 8. The second-order valence-electron chi connectivity index (χ2n) is 3.76. The van der Waals surface area contributed by atoms with E-state index in [-0.39, 0.29) is 5.71 Å². The van der Waals surface area contributed by atoms with E-state index >= 15 is 0 Å². The number of nitrogens with zero attached hydrogens (tertiary/aromatic N) is 3. The molecule has 0 aliphatic heterocycles. The Bertz CT molecular complexity index is 600. The summed E-state index contributed by atoms with van der Waals surface area (Å²) >= 11 is 3.35. The number of hydrogen-bond donors (Lipinski definition) is 1. The molecule has 0 atom stereocenters. The van der Waals surface area contributed by atoms with Crippen LogP contribution in [0.25, 0.3) is 0 Å². The molecule has 0 fully saturated rings. The molecule has 0 saturated carbocycles. The van der Waals surface area contributed by atoms with E-state index in [0.717, 1.165) is 16.9 Å². The van der Waals surface area contributed by atoms with Crippen LogP contribution in [-0.4, -0.2) is 30.1 Å². The Morgan fingerprint density at radius 3 is 2.14 bits per heavy atom. The third-order valence-corrected chi connectivity index (χ3v) is 2.60. The number of carbonyl (C=O) groups is 2. The predicted octanol–water partition coefficient (Wildman–Crippen LogP) is 2.31. The van der Waals surface area contributed by atoms with E-state index in [2.05, 4.69) is 46.4 Å². The molecule has 0 amide bonds. The number of rotatable bonds is 6. The Labute approximate surface area is 135 Å². The molecule has 9 heteroatoms. The highest BCUT2D eigenvalue weighted by Crippen LogP contribution is 2.20. The molecular weight excluding hydrogens is 356 g/mol. The minimum atomic E-state index is -0.578. The second-order valence-corrected chi connectivity index (χ2v) is 4.62. The molecule has 1 aromatic carbocycles. The average Bonchev–Trinajstić information content (AvgIpc) is 2.45. The van der Waals surface area contributed by atoms with Crippen LogP contribution >= 0.6 is 15.9 Å². The largest absolute Gasteiger partial charge is 0.331 e. The maximum atomic E-state index is 10.7. The monoisotopic (exact) mass is 368 g/mol. The molecule has 0 unspecified atom stereocenters. The van der Waals surface area contributed by atoms with Crippen LogP contribution in [0, 0.1) is 0 Å². The van der Waals surface area contributed by atoms with Gasteiger partial charge in [-0.15, -0.1) is 0 Å². The van der Waals surface area contributed by atoms with Crippen LogP contribution in [0.15, 0.2) is 44.2 Å². The van der Waals surface area contributed by atoms with Crippen molar-refractivity contribution in [3.63, 3.8) is 0 Å². The van der Waals surface area contributed by atoms with Crippen LogP contribution in [0.5, 0.6) is 0 Å². The summed E-state index contributed by atoms with van der Waals surface area (Å²) in [4.78, 5) is 30.1. The van der Waals surface area contributed by atoms with E-state index in [9.17, 15) is 9.59 Å². The first-order chi connectivity index (χ1) is 10.5. The van der Waals surface area contributed by atoms with Gasteiger partial charge in [0, 0.05) is 18.3 Å². The predicted molar refractivity (Wildman–Crippen MR) is 85.7 cm³/mol. The van der Waals surface area contributed by atoms with Crippen LogP contribution in [0.4, 0.5) is 5.69 Å². The smallest absolute Gasteiger partial charge is 0.319 e. The van der Waals surface area contributed by atoms with E-state index in [1.165, 1.54) is 13.8 Å². The lowest BCUT2D eigenvalue weighted by Gasteiger charge is -2.02. The molecular formula is C13H13BrN4O4. The van der Waals surface area contributed by atoms with Crippen molar-refractivity contribution in [3.8, 4) is 0 Å². The normalized spacial score (nSPS) is 10.5. The summed E-state index contributed by atoms with van der Waals surface area (Å²) in [5.41, 5.74) is 3.63. The van der Waals surface area contributed by atoms with Gasteiger partial charge in [-0.1, -0.05) is 22.4 Å². The molecule has 1 N–H and O–H groups in total. The fourth-order valence-corrected chi connectivity index (χ4v) is 1.45. The van der Waals surface area contributed by atoms with Gasteiger partial charge in [-0.05, 0) is 28.1 Å². The lowest BCUT2D eigenvalue weighted by Crippen LogP contribution is -2.08. The zero-order valence-corrected chi connectivity index (χ0v) is 13.4. The van der Waals surface area contributed by atoms with Crippen LogP contribution < -0.4 is 5.43 Å². The summed E-state index contributed by atoms with van der Waals surface area (Å²) in [5.74, 6) is -1.16. The fraction of sp³-hybridized carbons (Fsp3) is 0.154. The van der Waals surface area contributed by atoms with Gasteiger partial charge in [-0.2, -0.15) is 5.10 Å². The molecule has 0 spiro atoms. The van der Waals surface area contributed by atoms with Crippen molar-refractivity contribution in [2.24, 2.45) is 15.4 Å². The van der Waals surface area contributed by atoms with E-state index in [1.807, 2.05) is 18.2 Å². The molecule has 0 heterocycles. The molecule has 1 aromatic rings. The number of benzene rings is 1. The van der Waals surface area contributed by atoms with Gasteiger partial charge in [0.15, 0.2) is 0 Å². The number of halogens is 1. The number of carbonyl (C=O) groups excluding carboxylic acids is 2. The van der Waals surface area contributed by atoms with Crippen molar-refractivity contribution in [2.45, 2.75) is 13.8 Å². The first kappa shape index (κ1) is 17.5. The van der Waals surface area contributed by atoms with Gasteiger partial charge in [-0.3, -0.25) is 5.43 Å². The highest BCUT2D eigenvalue weighted by molar-refractivity contribution is 9.10. The first-order valence-corrected chi connectivity index (χ1v) is 6.78. The van der Waals surface area contributed by atoms with Gasteiger partial charge in [0.25, 0.3) is 0 Å². The molecule has 0 aromatic heterocycles. The molecule has 1 rings (SSSR count). The topological polar surface area (TPSA) is 102 Å². The summed E-state index contributed by atoms with van der Waals surface area (Å²) in [6, 6.07) is 7.29. The van der Waals surface area contributed by atoms with Gasteiger partial charge < -0.3 is 9.68 Å². The van der Waals surface area contributed by atoms with Crippen molar-refractivity contribution >= 4 is 51.7 Å². The van der Waals surface area contributed by atoms with Gasteiger partial charge in [-0.25, -0.2) is 9.59 Å². The van der Waals surface area contributed by atoms with E-state index in [1.54, 1.807) is 6.07 Å². The van der Waals surface area contributed by atoms with Crippen LogP contribution in [0.1, 0.15) is 13.8 Å². The SMILES string of the molecule is CC(=O)O/N=C\C(/C=N\OC(C)=O)=NNc1ccccc1Br. The fourth-order valence-electron chi connectivity index (χ4n) is 1.08. The lowest BCUT2D eigenvalue weighted by atomic mass is 10.3. The highest BCUT2D eigenvalue weighted by atomic mass is 79.9. The Hall–Kier alpha value is -2.55. The number of hydrazone groups is 1. The van der Waals surface area contributed by atoms with E-state index in [0.29, 0.717) is 5.69 Å². The maximum Gasteiger partial charge on any atom is 0.331 e. The van der Waals surface area contributed by atoms with E-state index in [4.69, 9.17) is 0 Å². The molecule has 0 aliphatic carbocycles. The minimum Gasteiger partial charge on any atom is -0.319 e. The van der Waals surface area contributed by atoms with Crippen LogP contribution in [0.2, 0.25) is 0 Å². The van der Waals surface area contributed by atoms with Crippen molar-refractivity contribution in [1.29, 1.82) is 0 Å². The molecule has 8 nitrogen and oxygen atoms in total. The van der Waals surface area contributed by atoms with Gasteiger partial charge in [0.05, 0.1) is 18.1 Å². The molecule has 22 heavy (non-hydrogen) atoms. The Morgan fingerprint density at radius 2 is 1.64 bits per heavy atom. The van der Waals surface area contributed by atoms with Crippen molar-refractivity contribution in [1.82, 2.24) is 0 Å². The quantitative estimate of drug-likeness (QED) is 0.471. The molecule has 0 bridgehead atoms. The summed E-state index contributed by atoms with van der Waals surface area (Å²) in [7, 11) is 0. The van der Waals surface area contributed by atoms with Gasteiger partial charge in [0.1, 0.15) is 5.71 Å². The first-order valence-electron chi connectivity index (χ1n) is 5.99. The molecule has 0 radical (unpaired) electrons. The second kappa shape index (κ2) is 9.40. The van der Waals surface area contributed by atoms with Crippen LogP contribution in [0.3, 0.4) is 0 Å². The highest BCUT2D eigenvalue weighted by Gasteiger charge is 1.98. The van der Waals surface area contributed by atoms with Gasteiger partial charge in [0.2, 0.25) is 0 Å². The van der Waals surface area contributed by atoms with Crippen LogP contribution in [-0.2, 0) is 19.3 Å². The molecule has 116 valence electrons. The zero-order valence-electron chi connectivity index (χ0n) is 11.8. The average molecular weight is 369 g/mol. The molecule has 0 saturated heterocycles. The third-order valence-electron chi connectivity index (χ3n) is 1.91. The van der Waals surface area contributed by atoms with E-state index < -0.39 is 11.9 Å². The number of anilines is 1. The number of para-hydroxylation sites is 1. The van der Waals surface area contributed by atoms with Crippen molar-refractivity contribution in [3.05, 3.63) is 28.7 Å². The summed E-state index contributed by atoms with van der Waals surface area (Å²) in [6.07, 6.45) is 2.27. The zero-order chi connectivity index (χ0) is 16.4. The maximum absolute atomic E-state index is 10.7. The summed E-state index contributed by atoms with van der Waals surface area (Å²) < 4.78 is 0.798. The Kier molecular flexibility index (Phi) is 7.48. The molecule has 0 aliphatic rings. The Morgan fingerprint density at radius 1 is 1.09 bits per heavy atom. The third kappa shape index (κ3) is 7.29. The summed E-state index contributed by atoms with van der Waals surface area (Å²) in [5, 5.41) is 10.8. The summed E-state index contributed by atoms with van der Waals surface area (Å²) in [6.45, 7) is 2.42. The van der Waals surface area contributed by atoms with Crippen molar-refractivity contribution in [2.75, 3.05) is 5.43 Å². The standard InChI is InChI=1S/C13H13BrN4O4/c1-9(19)21-15-7-11(8-16-22-10(2)20)17-18-13-6-4-3-5-12(13)14/h3-8,18H,1-2H3/b15-7-,16-8-. The number of nitrogens with one attached hydrogen (secondary N) is 1.